The normalized spacial score (nSPS) is 15.8. The summed E-state index contributed by atoms with van der Waals surface area (Å²) in [7, 11) is 0. The van der Waals surface area contributed by atoms with Crippen LogP contribution in [-0.2, 0) is 12.2 Å². The predicted octanol–water partition coefficient (Wildman–Crippen LogP) is 1.50. The van der Waals surface area contributed by atoms with Gasteiger partial charge in [0.15, 0.2) is 0 Å². The van der Waals surface area contributed by atoms with Gasteiger partial charge in [0.1, 0.15) is 5.82 Å². The van der Waals surface area contributed by atoms with E-state index in [1.54, 1.807) is 0 Å². The van der Waals surface area contributed by atoms with Crippen molar-refractivity contribution in [3.63, 3.8) is 0 Å². The maximum Gasteiger partial charge on any atom is 0.224 e. The van der Waals surface area contributed by atoms with E-state index in [0.29, 0.717) is 5.82 Å². The highest BCUT2D eigenvalue weighted by molar-refractivity contribution is 7.98. The molecule has 0 spiro atoms. The first-order chi connectivity index (χ1) is 5.77. The Bertz CT molecular complexity index is 316. The van der Waals surface area contributed by atoms with Crippen LogP contribution in [0.5, 0.6) is 0 Å². The lowest BCUT2D eigenvalue weighted by molar-refractivity contribution is 0.961. The third-order valence-electron chi connectivity index (χ3n) is 1.83. The number of aromatic nitrogens is 2. The molecule has 5 heteroatoms. The van der Waals surface area contributed by atoms with Gasteiger partial charge in [-0.2, -0.15) is 11.8 Å². The lowest BCUT2D eigenvalue weighted by Gasteiger charge is -2.15. The number of hydrogen-bond acceptors (Lipinski definition) is 4. The van der Waals surface area contributed by atoms with Gasteiger partial charge in [-0.1, -0.05) is 0 Å². The Kier molecular flexibility index (Phi) is 2.11. The second-order valence-electron chi connectivity index (χ2n) is 2.61. The Morgan fingerprint density at radius 3 is 3.08 bits per heavy atom. The Labute approximate surface area is 79.7 Å². The average molecular weight is 202 g/mol. The monoisotopic (exact) mass is 201 g/mol. The summed E-state index contributed by atoms with van der Waals surface area (Å²) >= 11 is 7.53. The number of anilines is 1. The molecular formula is C7H8ClN3S. The molecule has 1 aromatic rings. The van der Waals surface area contributed by atoms with E-state index in [1.807, 2.05) is 11.8 Å². The van der Waals surface area contributed by atoms with E-state index < -0.39 is 0 Å². The number of hydrogen-bond donors (Lipinski definition) is 1. The molecule has 0 bridgehead atoms. The van der Waals surface area contributed by atoms with E-state index in [2.05, 4.69) is 9.97 Å². The van der Waals surface area contributed by atoms with E-state index in [1.165, 1.54) is 0 Å². The molecule has 0 unspecified atom stereocenters. The van der Waals surface area contributed by atoms with Crippen molar-refractivity contribution in [1.82, 2.24) is 9.97 Å². The minimum absolute atomic E-state index is 0.262. The SMILES string of the molecule is Nc1nc(Cl)nc2c1CSCC2. The third kappa shape index (κ3) is 1.36. The third-order valence-corrected chi connectivity index (χ3v) is 2.98. The molecule has 0 fully saturated rings. The van der Waals surface area contributed by atoms with Gasteiger partial charge < -0.3 is 5.73 Å². The summed E-state index contributed by atoms with van der Waals surface area (Å²) in [4.78, 5) is 8.04. The molecule has 0 aliphatic carbocycles. The molecule has 0 aromatic carbocycles. The largest absolute Gasteiger partial charge is 0.383 e. The first-order valence-corrected chi connectivity index (χ1v) is 5.19. The molecule has 3 nitrogen and oxygen atoms in total. The maximum absolute atomic E-state index is 5.69. The van der Waals surface area contributed by atoms with Crippen LogP contribution in [0.15, 0.2) is 0 Å². The predicted molar refractivity (Wildman–Crippen MR) is 51.3 cm³/mol. The van der Waals surface area contributed by atoms with Gasteiger partial charge in [-0.05, 0) is 23.8 Å². The van der Waals surface area contributed by atoms with E-state index in [4.69, 9.17) is 17.3 Å². The fraction of sp³-hybridized carbons (Fsp3) is 0.429. The summed E-state index contributed by atoms with van der Waals surface area (Å²) in [5.41, 5.74) is 7.78. The zero-order chi connectivity index (χ0) is 8.55. The number of nitrogens with two attached hydrogens (primary N) is 1. The highest BCUT2D eigenvalue weighted by Gasteiger charge is 2.15. The number of thioether (sulfide) groups is 1. The second kappa shape index (κ2) is 3.11. The molecule has 12 heavy (non-hydrogen) atoms. The molecule has 1 aliphatic rings. The van der Waals surface area contributed by atoms with Gasteiger partial charge in [0.05, 0.1) is 5.69 Å². The lowest BCUT2D eigenvalue weighted by Crippen LogP contribution is -2.10. The van der Waals surface area contributed by atoms with Crippen LogP contribution in [0.1, 0.15) is 11.3 Å². The van der Waals surface area contributed by atoms with Gasteiger partial charge in [-0.15, -0.1) is 0 Å². The highest BCUT2D eigenvalue weighted by atomic mass is 35.5. The van der Waals surface area contributed by atoms with Crippen molar-refractivity contribution in [3.8, 4) is 0 Å². The fourth-order valence-electron chi connectivity index (χ4n) is 1.23. The summed E-state index contributed by atoms with van der Waals surface area (Å²) in [6.07, 6.45) is 0.951. The Morgan fingerprint density at radius 1 is 1.42 bits per heavy atom. The maximum atomic E-state index is 5.69. The smallest absolute Gasteiger partial charge is 0.224 e. The van der Waals surface area contributed by atoms with E-state index in [9.17, 15) is 0 Å². The summed E-state index contributed by atoms with van der Waals surface area (Å²) in [6, 6.07) is 0. The number of nitrogens with zero attached hydrogens (tertiary/aromatic N) is 2. The van der Waals surface area contributed by atoms with Crippen LogP contribution in [0, 0.1) is 0 Å². The first-order valence-electron chi connectivity index (χ1n) is 3.66. The van der Waals surface area contributed by atoms with Gasteiger partial charge in [0, 0.05) is 11.3 Å². The summed E-state index contributed by atoms with van der Waals surface area (Å²) in [5.74, 6) is 2.55. The van der Waals surface area contributed by atoms with Crippen molar-refractivity contribution in [1.29, 1.82) is 0 Å². The van der Waals surface area contributed by atoms with Gasteiger partial charge in [0.2, 0.25) is 5.28 Å². The van der Waals surface area contributed by atoms with Crippen LogP contribution in [0.3, 0.4) is 0 Å². The Hall–Kier alpha value is -0.480. The molecule has 0 amide bonds. The number of rotatable bonds is 0. The van der Waals surface area contributed by atoms with Gasteiger partial charge in [0.25, 0.3) is 0 Å². The van der Waals surface area contributed by atoms with Crippen LogP contribution in [-0.4, -0.2) is 15.7 Å². The molecule has 1 aliphatic heterocycles. The quantitative estimate of drug-likeness (QED) is 0.647. The number of fused-ring (bicyclic) bond motifs is 1. The standard InChI is InChI=1S/C7H8ClN3S/c8-7-10-5-1-2-12-3-4(5)6(9)11-7/h1-3H2,(H2,9,10,11). The summed E-state index contributed by atoms with van der Waals surface area (Å²) in [6.45, 7) is 0. The molecule has 0 saturated heterocycles. The van der Waals surface area contributed by atoms with Crippen LogP contribution in [0.4, 0.5) is 5.82 Å². The summed E-state index contributed by atoms with van der Waals surface area (Å²) in [5, 5.41) is 0.262. The van der Waals surface area contributed by atoms with Crippen LogP contribution < -0.4 is 5.73 Å². The second-order valence-corrected chi connectivity index (χ2v) is 4.05. The summed E-state index contributed by atoms with van der Waals surface area (Å²) < 4.78 is 0. The van der Waals surface area contributed by atoms with Crippen molar-refractivity contribution in [3.05, 3.63) is 16.5 Å². The Balaban J connectivity index is 2.53. The van der Waals surface area contributed by atoms with Crippen molar-refractivity contribution in [2.24, 2.45) is 0 Å². The first kappa shape index (κ1) is 8.13. The van der Waals surface area contributed by atoms with Gasteiger partial charge >= 0.3 is 0 Å². The van der Waals surface area contributed by atoms with Gasteiger partial charge in [-0.3, -0.25) is 0 Å². The molecule has 1 aromatic heterocycles. The molecule has 64 valence electrons. The molecule has 2 N–H and O–H groups in total. The minimum atomic E-state index is 0.262. The van der Waals surface area contributed by atoms with E-state index in [-0.39, 0.29) is 5.28 Å². The van der Waals surface area contributed by atoms with Crippen LogP contribution in [0.2, 0.25) is 5.28 Å². The molecule has 2 heterocycles. The average Bonchev–Trinajstić information content (AvgIpc) is 2.04. The van der Waals surface area contributed by atoms with E-state index >= 15 is 0 Å². The fourth-order valence-corrected chi connectivity index (χ4v) is 2.42. The minimum Gasteiger partial charge on any atom is -0.383 e. The number of halogens is 1. The van der Waals surface area contributed by atoms with Crippen LogP contribution >= 0.6 is 23.4 Å². The van der Waals surface area contributed by atoms with Crippen molar-refractivity contribution >= 4 is 29.2 Å². The van der Waals surface area contributed by atoms with Crippen molar-refractivity contribution in [2.45, 2.75) is 12.2 Å². The number of aryl methyl sites for hydroxylation is 1. The Morgan fingerprint density at radius 2 is 2.25 bits per heavy atom. The zero-order valence-electron chi connectivity index (χ0n) is 6.38. The van der Waals surface area contributed by atoms with Crippen LogP contribution in [0.25, 0.3) is 0 Å². The molecule has 0 atom stereocenters. The van der Waals surface area contributed by atoms with E-state index in [0.717, 1.165) is 29.2 Å². The molecule has 0 saturated carbocycles. The molecular weight excluding hydrogens is 194 g/mol. The van der Waals surface area contributed by atoms with Gasteiger partial charge in [-0.25, -0.2) is 9.97 Å². The number of nitrogen functional groups attached to an aromatic ring is 1. The zero-order valence-corrected chi connectivity index (χ0v) is 7.95. The highest BCUT2D eigenvalue weighted by Crippen LogP contribution is 2.27. The molecule has 0 radical (unpaired) electrons. The topological polar surface area (TPSA) is 51.8 Å². The van der Waals surface area contributed by atoms with Crippen molar-refractivity contribution < 1.29 is 0 Å². The molecule has 2 rings (SSSR count). The van der Waals surface area contributed by atoms with Crippen molar-refractivity contribution in [2.75, 3.05) is 11.5 Å². The lowest BCUT2D eigenvalue weighted by atomic mass is 10.2.